The zero-order chi connectivity index (χ0) is 26.9. The molecule has 0 bridgehead atoms. The topological polar surface area (TPSA) is 96.8 Å². The number of thioether (sulfide) groups is 2. The highest BCUT2D eigenvalue weighted by Gasteiger charge is 2.05. The molecule has 10 heteroatoms. The standard InChI is InChI=1S/C28H40N2O6S2/c31-27(35-23-25-11-9-13-29-21-25)33-15-19-37-17-7-5-3-1-2-4-6-8-18-38-20-16-34-28(32)36-24-26-12-10-14-30-22-26/h9-14,21-22H,1-8,15-20,23-24H2. The number of aromatic nitrogens is 2. The van der Waals surface area contributed by atoms with Gasteiger partial charge < -0.3 is 18.9 Å². The van der Waals surface area contributed by atoms with Crippen LogP contribution in [0.25, 0.3) is 0 Å². The number of unbranched alkanes of at least 4 members (excludes halogenated alkanes) is 7. The summed E-state index contributed by atoms with van der Waals surface area (Å²) in [6.07, 6.45) is 15.5. The van der Waals surface area contributed by atoms with Crippen LogP contribution in [0.2, 0.25) is 0 Å². The Labute approximate surface area is 235 Å². The summed E-state index contributed by atoms with van der Waals surface area (Å²) in [6, 6.07) is 7.31. The van der Waals surface area contributed by atoms with Gasteiger partial charge in [-0.3, -0.25) is 9.97 Å². The van der Waals surface area contributed by atoms with Crippen LogP contribution >= 0.6 is 23.5 Å². The summed E-state index contributed by atoms with van der Waals surface area (Å²) in [7, 11) is 0. The molecule has 2 aromatic heterocycles. The minimum atomic E-state index is -0.628. The van der Waals surface area contributed by atoms with Crippen molar-refractivity contribution in [2.75, 3.05) is 36.2 Å². The van der Waals surface area contributed by atoms with Crippen LogP contribution in [0.15, 0.2) is 49.1 Å². The third-order valence-corrected chi connectivity index (χ3v) is 7.45. The van der Waals surface area contributed by atoms with E-state index >= 15 is 0 Å². The SMILES string of the molecule is O=C(OCCSCCCCCCCCCCSCCOC(=O)OCc1cccnc1)OCc1cccnc1. The Morgan fingerprint density at radius 2 is 1.00 bits per heavy atom. The maximum atomic E-state index is 11.6. The number of carbonyl (C=O) groups is 2. The van der Waals surface area contributed by atoms with Crippen molar-refractivity contribution < 1.29 is 28.5 Å². The molecule has 0 aromatic carbocycles. The molecule has 0 unspecified atom stereocenters. The van der Waals surface area contributed by atoms with Gasteiger partial charge >= 0.3 is 12.3 Å². The Kier molecular flexibility index (Phi) is 18.8. The van der Waals surface area contributed by atoms with Crippen molar-refractivity contribution in [2.24, 2.45) is 0 Å². The molecule has 0 amide bonds. The molecule has 0 spiro atoms. The van der Waals surface area contributed by atoms with Crippen LogP contribution in [0.4, 0.5) is 9.59 Å². The van der Waals surface area contributed by atoms with E-state index in [2.05, 4.69) is 9.97 Å². The lowest BCUT2D eigenvalue weighted by atomic mass is 10.1. The highest BCUT2D eigenvalue weighted by Crippen LogP contribution is 2.13. The summed E-state index contributed by atoms with van der Waals surface area (Å²) < 4.78 is 20.3. The van der Waals surface area contributed by atoms with Crippen LogP contribution < -0.4 is 0 Å². The highest BCUT2D eigenvalue weighted by atomic mass is 32.2. The van der Waals surface area contributed by atoms with E-state index in [-0.39, 0.29) is 13.2 Å². The largest absolute Gasteiger partial charge is 0.508 e. The van der Waals surface area contributed by atoms with E-state index in [9.17, 15) is 9.59 Å². The number of carbonyl (C=O) groups excluding carboxylic acids is 2. The molecule has 0 saturated carbocycles. The number of rotatable bonds is 21. The predicted molar refractivity (Wildman–Crippen MR) is 152 cm³/mol. The van der Waals surface area contributed by atoms with Crippen LogP contribution in [-0.2, 0) is 32.2 Å². The van der Waals surface area contributed by atoms with E-state index in [0.29, 0.717) is 13.2 Å². The van der Waals surface area contributed by atoms with E-state index in [1.807, 2.05) is 35.7 Å². The number of hydrogen-bond donors (Lipinski definition) is 0. The first-order chi connectivity index (χ1) is 18.7. The van der Waals surface area contributed by atoms with E-state index in [4.69, 9.17) is 18.9 Å². The minimum absolute atomic E-state index is 0.183. The number of hydrogen-bond acceptors (Lipinski definition) is 10. The molecule has 0 N–H and O–H groups in total. The van der Waals surface area contributed by atoms with Crippen LogP contribution in [-0.4, -0.2) is 58.5 Å². The Morgan fingerprint density at radius 3 is 1.39 bits per heavy atom. The summed E-state index contributed by atoms with van der Waals surface area (Å²) in [4.78, 5) is 31.1. The van der Waals surface area contributed by atoms with Crippen molar-refractivity contribution in [2.45, 2.75) is 64.6 Å². The van der Waals surface area contributed by atoms with Crippen molar-refractivity contribution >= 4 is 35.8 Å². The molecule has 0 atom stereocenters. The van der Waals surface area contributed by atoms with Crippen LogP contribution in [0.5, 0.6) is 0 Å². The highest BCUT2D eigenvalue weighted by molar-refractivity contribution is 7.99. The quantitative estimate of drug-likeness (QED) is 0.116. The molecule has 0 saturated heterocycles. The normalized spacial score (nSPS) is 10.6. The van der Waals surface area contributed by atoms with Gasteiger partial charge in [0, 0.05) is 47.4 Å². The number of nitrogens with zero attached hydrogens (tertiary/aromatic N) is 2. The maximum Gasteiger partial charge on any atom is 0.508 e. The molecule has 2 heterocycles. The van der Waals surface area contributed by atoms with Crippen LogP contribution in [0.3, 0.4) is 0 Å². The van der Waals surface area contributed by atoms with Gasteiger partial charge in [0.1, 0.15) is 26.4 Å². The molecule has 2 rings (SSSR count). The zero-order valence-electron chi connectivity index (χ0n) is 22.1. The minimum Gasteiger partial charge on any atom is -0.433 e. The monoisotopic (exact) mass is 564 g/mol. The van der Waals surface area contributed by atoms with Crippen molar-refractivity contribution in [3.05, 3.63) is 60.2 Å². The molecule has 0 fully saturated rings. The second-order valence-corrected chi connectivity index (χ2v) is 11.0. The first-order valence-electron chi connectivity index (χ1n) is 13.3. The molecule has 210 valence electrons. The molecule has 0 radical (unpaired) electrons. The molecule has 38 heavy (non-hydrogen) atoms. The van der Waals surface area contributed by atoms with E-state index in [1.165, 1.54) is 51.4 Å². The first-order valence-corrected chi connectivity index (χ1v) is 15.6. The van der Waals surface area contributed by atoms with E-state index in [0.717, 1.165) is 34.1 Å². The summed E-state index contributed by atoms with van der Waals surface area (Å²) in [5.74, 6) is 3.78. The smallest absolute Gasteiger partial charge is 0.433 e. The fourth-order valence-electron chi connectivity index (χ4n) is 3.38. The van der Waals surface area contributed by atoms with Crippen molar-refractivity contribution in [1.29, 1.82) is 0 Å². The average molecular weight is 565 g/mol. The fourth-order valence-corrected chi connectivity index (χ4v) is 5.00. The molecule has 0 aliphatic heterocycles. The number of ether oxygens (including phenoxy) is 4. The molecular formula is C28H40N2O6S2. The van der Waals surface area contributed by atoms with Crippen molar-refractivity contribution in [3.63, 3.8) is 0 Å². The third-order valence-electron chi connectivity index (χ3n) is 5.38. The number of pyridine rings is 2. The average Bonchev–Trinajstić information content (AvgIpc) is 2.95. The lowest BCUT2D eigenvalue weighted by molar-refractivity contribution is 0.0533. The summed E-state index contributed by atoms with van der Waals surface area (Å²) in [5, 5.41) is 0. The maximum absolute atomic E-state index is 11.6. The Bertz CT molecular complexity index is 789. The Hall–Kier alpha value is -2.46. The van der Waals surface area contributed by atoms with Gasteiger partial charge in [-0.05, 0) is 36.5 Å². The van der Waals surface area contributed by atoms with Gasteiger partial charge in [-0.2, -0.15) is 23.5 Å². The van der Waals surface area contributed by atoms with Gasteiger partial charge in [0.15, 0.2) is 0 Å². The molecule has 0 aliphatic rings. The predicted octanol–water partition coefficient (Wildman–Crippen LogP) is 7.07. The second kappa shape index (κ2) is 22.5. The van der Waals surface area contributed by atoms with Crippen LogP contribution in [0.1, 0.15) is 62.5 Å². The lowest BCUT2D eigenvalue weighted by Crippen LogP contribution is -2.10. The molecule has 0 aliphatic carbocycles. The first kappa shape index (κ1) is 31.8. The molecular weight excluding hydrogens is 524 g/mol. The van der Waals surface area contributed by atoms with Gasteiger partial charge in [-0.15, -0.1) is 0 Å². The lowest BCUT2D eigenvalue weighted by Gasteiger charge is -2.06. The Morgan fingerprint density at radius 1 is 0.579 bits per heavy atom. The third kappa shape index (κ3) is 17.9. The molecule has 8 nitrogen and oxygen atoms in total. The van der Waals surface area contributed by atoms with Crippen molar-refractivity contribution in [3.8, 4) is 0 Å². The second-order valence-electron chi connectivity index (χ2n) is 8.55. The summed E-state index contributed by atoms with van der Waals surface area (Å²) in [5.41, 5.74) is 1.68. The summed E-state index contributed by atoms with van der Waals surface area (Å²) in [6.45, 7) is 1.12. The van der Waals surface area contributed by atoms with Gasteiger partial charge in [-0.1, -0.05) is 50.7 Å². The van der Waals surface area contributed by atoms with E-state index in [1.54, 1.807) is 36.9 Å². The zero-order valence-corrected chi connectivity index (χ0v) is 23.7. The van der Waals surface area contributed by atoms with Gasteiger partial charge in [0.2, 0.25) is 0 Å². The molecule has 2 aromatic rings. The summed E-state index contributed by atoms with van der Waals surface area (Å²) >= 11 is 3.63. The van der Waals surface area contributed by atoms with Gasteiger partial charge in [0.05, 0.1) is 0 Å². The van der Waals surface area contributed by atoms with Gasteiger partial charge in [-0.25, -0.2) is 9.59 Å². The van der Waals surface area contributed by atoms with Gasteiger partial charge in [0.25, 0.3) is 0 Å². The fraction of sp³-hybridized carbons (Fsp3) is 0.571. The Balaban J connectivity index is 1.23. The van der Waals surface area contributed by atoms with E-state index < -0.39 is 12.3 Å². The van der Waals surface area contributed by atoms with Crippen LogP contribution in [0, 0.1) is 0 Å². The van der Waals surface area contributed by atoms with Crippen molar-refractivity contribution in [1.82, 2.24) is 9.97 Å².